The number of hydrogen-bond acceptors (Lipinski definition) is 4. The van der Waals surface area contributed by atoms with Crippen LogP contribution in [0.2, 0.25) is 0 Å². The van der Waals surface area contributed by atoms with Crippen molar-refractivity contribution in [1.29, 1.82) is 0 Å². The van der Waals surface area contributed by atoms with Gasteiger partial charge >= 0.3 is 0 Å². The summed E-state index contributed by atoms with van der Waals surface area (Å²) in [5.41, 5.74) is 1.27. The van der Waals surface area contributed by atoms with E-state index in [-0.39, 0.29) is 35.9 Å². The Morgan fingerprint density at radius 1 is 1.23 bits per heavy atom. The Morgan fingerprint density at radius 2 is 2.00 bits per heavy atom. The monoisotopic (exact) mass is 539 g/mol. The second-order valence-electron chi connectivity index (χ2n) is 7.97. The summed E-state index contributed by atoms with van der Waals surface area (Å²) >= 11 is 0. The molecule has 8 heteroatoms. The van der Waals surface area contributed by atoms with E-state index in [1.165, 1.54) is 5.56 Å². The Hall–Kier alpha value is -2.07. The summed E-state index contributed by atoms with van der Waals surface area (Å²) in [7, 11) is 5.82. The van der Waals surface area contributed by atoms with E-state index in [1.54, 1.807) is 13.3 Å². The first kappa shape index (κ1) is 25.2. The normalized spacial score (nSPS) is 17.5. The van der Waals surface area contributed by atoms with Gasteiger partial charge < -0.3 is 20.0 Å². The fourth-order valence-corrected chi connectivity index (χ4v) is 3.79. The molecule has 0 bridgehead atoms. The minimum Gasteiger partial charge on any atom is -0.468 e. The topological polar surface area (TPSA) is 73.1 Å². The van der Waals surface area contributed by atoms with Crippen molar-refractivity contribution >= 4 is 35.8 Å². The number of hydrogen-bond donors (Lipinski definition) is 2. The van der Waals surface area contributed by atoms with E-state index in [9.17, 15) is 4.79 Å². The molecule has 0 saturated carbocycles. The number of likely N-dealkylation sites (N-methyl/N-ethyl adjacent to an activating group) is 1. The summed E-state index contributed by atoms with van der Waals surface area (Å²) in [6, 6.07) is 14.3. The number of carbonyl (C=O) groups excluding carboxylic acids is 1. The van der Waals surface area contributed by atoms with Gasteiger partial charge in [-0.05, 0) is 38.2 Å². The van der Waals surface area contributed by atoms with Crippen LogP contribution in [0.3, 0.4) is 0 Å². The Kier molecular flexibility index (Phi) is 10.3. The molecule has 2 N–H and O–H groups in total. The van der Waals surface area contributed by atoms with E-state index >= 15 is 0 Å². The summed E-state index contributed by atoms with van der Waals surface area (Å²) in [4.78, 5) is 20.8. The second-order valence-corrected chi connectivity index (χ2v) is 7.97. The summed E-state index contributed by atoms with van der Waals surface area (Å²) in [6.07, 6.45) is 3.18. The SMILES string of the molecule is CN=C(NCC1CC(=O)N(CCc2ccccc2)C1)NCC(c1ccco1)N(C)C.I. The summed E-state index contributed by atoms with van der Waals surface area (Å²) < 4.78 is 5.56. The van der Waals surface area contributed by atoms with Crippen LogP contribution >= 0.6 is 24.0 Å². The quantitative estimate of drug-likeness (QED) is 0.292. The smallest absolute Gasteiger partial charge is 0.223 e. The molecule has 0 spiro atoms. The Balaban J connectivity index is 0.00000341. The average Bonchev–Trinajstić information content (AvgIpc) is 3.39. The first-order valence-corrected chi connectivity index (χ1v) is 10.5. The van der Waals surface area contributed by atoms with Gasteiger partial charge in [-0.3, -0.25) is 14.7 Å². The van der Waals surface area contributed by atoms with Crippen LogP contribution in [0, 0.1) is 5.92 Å². The van der Waals surface area contributed by atoms with Gasteiger partial charge in [0.1, 0.15) is 5.76 Å². The Labute approximate surface area is 202 Å². The summed E-state index contributed by atoms with van der Waals surface area (Å²) in [5, 5.41) is 6.75. The number of amides is 1. The molecule has 1 aromatic carbocycles. The van der Waals surface area contributed by atoms with E-state index in [0.29, 0.717) is 18.9 Å². The van der Waals surface area contributed by atoms with E-state index in [2.05, 4.69) is 32.7 Å². The lowest BCUT2D eigenvalue weighted by atomic mass is 10.1. The van der Waals surface area contributed by atoms with Crippen molar-refractivity contribution in [3.8, 4) is 0 Å². The summed E-state index contributed by atoms with van der Waals surface area (Å²) in [6.45, 7) is 2.97. The van der Waals surface area contributed by atoms with E-state index in [0.717, 1.165) is 37.8 Å². The number of nitrogens with zero attached hydrogens (tertiary/aromatic N) is 3. The Morgan fingerprint density at radius 3 is 2.65 bits per heavy atom. The second kappa shape index (κ2) is 12.7. The van der Waals surface area contributed by atoms with Crippen LogP contribution in [-0.2, 0) is 11.2 Å². The number of likely N-dealkylation sites (tertiary alicyclic amines) is 1. The number of carbonyl (C=O) groups is 1. The number of halogens is 1. The molecular formula is C23H34IN5O2. The third kappa shape index (κ3) is 7.53. The molecule has 2 unspecified atom stereocenters. The number of guanidine groups is 1. The van der Waals surface area contributed by atoms with Crippen molar-refractivity contribution in [3.63, 3.8) is 0 Å². The van der Waals surface area contributed by atoms with Crippen LogP contribution in [0.25, 0.3) is 0 Å². The number of nitrogens with one attached hydrogen (secondary N) is 2. The van der Waals surface area contributed by atoms with Gasteiger partial charge in [0, 0.05) is 45.6 Å². The lowest BCUT2D eigenvalue weighted by Crippen LogP contribution is -2.43. The molecule has 170 valence electrons. The summed E-state index contributed by atoms with van der Waals surface area (Å²) in [5.74, 6) is 2.19. The maximum Gasteiger partial charge on any atom is 0.223 e. The van der Waals surface area contributed by atoms with Crippen molar-refractivity contribution in [2.24, 2.45) is 10.9 Å². The molecular weight excluding hydrogens is 505 g/mol. The standard InChI is InChI=1S/C23H33N5O2.HI/c1-24-23(26-16-20(27(2)3)21-10-7-13-30-21)25-15-19-14-22(29)28(17-19)12-11-18-8-5-4-6-9-18;/h4-10,13,19-20H,11-12,14-17H2,1-3H3,(H2,24,25,26);1H. The first-order valence-electron chi connectivity index (χ1n) is 10.5. The molecule has 0 radical (unpaired) electrons. The minimum absolute atomic E-state index is 0. The van der Waals surface area contributed by atoms with E-state index < -0.39 is 0 Å². The van der Waals surface area contributed by atoms with Crippen molar-refractivity contribution in [2.75, 3.05) is 47.3 Å². The first-order chi connectivity index (χ1) is 14.6. The van der Waals surface area contributed by atoms with Gasteiger partial charge in [0.05, 0.1) is 12.3 Å². The van der Waals surface area contributed by atoms with Crippen LogP contribution in [-0.4, -0.2) is 69.0 Å². The molecule has 1 aliphatic heterocycles. The fourth-order valence-electron chi connectivity index (χ4n) is 3.79. The highest BCUT2D eigenvalue weighted by atomic mass is 127. The molecule has 1 fully saturated rings. The average molecular weight is 539 g/mol. The molecule has 1 amide bonds. The number of rotatable bonds is 9. The van der Waals surface area contributed by atoms with Crippen LogP contribution in [0.1, 0.15) is 23.8 Å². The van der Waals surface area contributed by atoms with Crippen molar-refractivity contribution in [3.05, 3.63) is 60.1 Å². The molecule has 31 heavy (non-hydrogen) atoms. The predicted molar refractivity (Wildman–Crippen MR) is 135 cm³/mol. The highest BCUT2D eigenvalue weighted by Gasteiger charge is 2.29. The van der Waals surface area contributed by atoms with Crippen LogP contribution in [0.5, 0.6) is 0 Å². The predicted octanol–water partition coefficient (Wildman–Crippen LogP) is 2.76. The molecule has 7 nitrogen and oxygen atoms in total. The van der Waals surface area contributed by atoms with Gasteiger partial charge in [0.25, 0.3) is 0 Å². The van der Waals surface area contributed by atoms with Crippen LogP contribution in [0.4, 0.5) is 0 Å². The maximum atomic E-state index is 12.4. The highest BCUT2D eigenvalue weighted by Crippen LogP contribution is 2.19. The molecule has 0 aliphatic carbocycles. The number of benzene rings is 1. The van der Waals surface area contributed by atoms with E-state index in [4.69, 9.17) is 4.42 Å². The lowest BCUT2D eigenvalue weighted by Gasteiger charge is -2.24. The third-order valence-corrected chi connectivity index (χ3v) is 5.55. The minimum atomic E-state index is 0. The lowest BCUT2D eigenvalue weighted by molar-refractivity contribution is -0.127. The molecule has 3 rings (SSSR count). The molecule has 1 aliphatic rings. The highest BCUT2D eigenvalue weighted by molar-refractivity contribution is 14.0. The molecule has 2 heterocycles. The Bertz CT molecular complexity index is 811. The van der Waals surface area contributed by atoms with Crippen LogP contribution < -0.4 is 10.6 Å². The largest absolute Gasteiger partial charge is 0.468 e. The number of aliphatic imine (C=N–C) groups is 1. The molecule has 2 aromatic rings. The fraction of sp³-hybridized carbons (Fsp3) is 0.478. The van der Waals surface area contributed by atoms with Gasteiger partial charge in [0.15, 0.2) is 5.96 Å². The zero-order valence-corrected chi connectivity index (χ0v) is 20.9. The van der Waals surface area contributed by atoms with Gasteiger partial charge in [-0.15, -0.1) is 24.0 Å². The van der Waals surface area contributed by atoms with E-state index in [1.807, 2.05) is 49.3 Å². The van der Waals surface area contributed by atoms with Crippen molar-refractivity contribution < 1.29 is 9.21 Å². The molecule has 1 aromatic heterocycles. The third-order valence-electron chi connectivity index (χ3n) is 5.55. The van der Waals surface area contributed by atoms with Gasteiger partial charge in [-0.1, -0.05) is 30.3 Å². The van der Waals surface area contributed by atoms with Gasteiger partial charge in [0.2, 0.25) is 5.91 Å². The maximum absolute atomic E-state index is 12.4. The van der Waals surface area contributed by atoms with Gasteiger partial charge in [-0.25, -0.2) is 0 Å². The van der Waals surface area contributed by atoms with Crippen molar-refractivity contribution in [1.82, 2.24) is 20.4 Å². The molecule has 2 atom stereocenters. The number of furan rings is 1. The zero-order valence-electron chi connectivity index (χ0n) is 18.6. The molecule has 1 saturated heterocycles. The van der Waals surface area contributed by atoms with Crippen LogP contribution in [0.15, 0.2) is 58.1 Å². The van der Waals surface area contributed by atoms with Crippen molar-refractivity contribution in [2.45, 2.75) is 18.9 Å². The van der Waals surface area contributed by atoms with Gasteiger partial charge in [-0.2, -0.15) is 0 Å². The zero-order chi connectivity index (χ0) is 21.3.